The van der Waals surface area contributed by atoms with Crippen molar-refractivity contribution in [1.82, 2.24) is 0 Å². The average Bonchev–Trinajstić information content (AvgIpc) is 3.04. The Morgan fingerprint density at radius 3 is 2.48 bits per heavy atom. The van der Waals surface area contributed by atoms with Crippen LogP contribution in [0.1, 0.15) is 43.4 Å². The van der Waals surface area contributed by atoms with Crippen molar-refractivity contribution in [2.75, 3.05) is 11.9 Å². The van der Waals surface area contributed by atoms with Crippen LogP contribution in [0.3, 0.4) is 0 Å². The molecule has 3 rings (SSSR count). The lowest BCUT2D eigenvalue weighted by Gasteiger charge is -2.31. The molecule has 0 amide bonds. The van der Waals surface area contributed by atoms with Crippen LogP contribution in [-0.2, 0) is 10.2 Å². The van der Waals surface area contributed by atoms with Crippen LogP contribution in [0.2, 0.25) is 0 Å². The van der Waals surface area contributed by atoms with Crippen molar-refractivity contribution in [3.8, 4) is 0 Å². The molecule has 0 bridgehead atoms. The van der Waals surface area contributed by atoms with E-state index in [9.17, 15) is 4.79 Å². The highest BCUT2D eigenvalue weighted by Gasteiger charge is 2.45. The Hall–Kier alpha value is -2.61. The number of hydrogen-bond acceptors (Lipinski definition) is 2. The van der Waals surface area contributed by atoms with Crippen molar-refractivity contribution in [2.24, 2.45) is 0 Å². The van der Waals surface area contributed by atoms with E-state index in [2.05, 4.69) is 81.8 Å². The van der Waals surface area contributed by atoms with E-state index >= 15 is 0 Å². The summed E-state index contributed by atoms with van der Waals surface area (Å²) in [6, 6.07) is 14.8. The molecule has 1 aliphatic carbocycles. The van der Waals surface area contributed by atoms with Gasteiger partial charge in [0, 0.05) is 26.3 Å². The SMILES string of the molecule is C=CC1=C(N(C)c2cccc(C)c2)C[C@](C(C)=O)(c2cccc(C)c2C)C1.[HH]. The number of carbonyl (C=O) groups excluding carboxylic acids is 1. The molecular formula is C25H31NO. The lowest BCUT2D eigenvalue weighted by molar-refractivity contribution is -0.122. The topological polar surface area (TPSA) is 20.3 Å². The van der Waals surface area contributed by atoms with Gasteiger partial charge in [0.1, 0.15) is 5.78 Å². The van der Waals surface area contributed by atoms with Crippen molar-refractivity contribution in [3.63, 3.8) is 0 Å². The summed E-state index contributed by atoms with van der Waals surface area (Å²) in [5.41, 5.74) is 7.82. The summed E-state index contributed by atoms with van der Waals surface area (Å²) in [4.78, 5) is 15.2. The minimum atomic E-state index is -0.507. The molecule has 0 N–H and O–H groups in total. The van der Waals surface area contributed by atoms with E-state index in [4.69, 9.17) is 0 Å². The summed E-state index contributed by atoms with van der Waals surface area (Å²) in [6.45, 7) is 12.1. The second-order valence-corrected chi connectivity index (χ2v) is 7.81. The van der Waals surface area contributed by atoms with Gasteiger partial charge in [-0.05, 0) is 74.1 Å². The van der Waals surface area contributed by atoms with Gasteiger partial charge < -0.3 is 4.90 Å². The molecule has 0 aromatic heterocycles. The van der Waals surface area contributed by atoms with Gasteiger partial charge in [0.15, 0.2) is 0 Å². The summed E-state index contributed by atoms with van der Waals surface area (Å²) in [5.74, 6) is 0.225. The molecule has 0 unspecified atom stereocenters. The zero-order valence-corrected chi connectivity index (χ0v) is 17.1. The maximum Gasteiger partial charge on any atom is 0.141 e. The highest BCUT2D eigenvalue weighted by molar-refractivity contribution is 5.91. The summed E-state index contributed by atoms with van der Waals surface area (Å²) in [6.07, 6.45) is 3.34. The molecule has 0 fully saturated rings. The number of aryl methyl sites for hydroxylation is 2. The Labute approximate surface area is 164 Å². The summed E-state index contributed by atoms with van der Waals surface area (Å²) in [5, 5.41) is 0. The van der Waals surface area contributed by atoms with Gasteiger partial charge in [-0.3, -0.25) is 4.79 Å². The lowest BCUT2D eigenvalue weighted by atomic mass is 9.72. The second kappa shape index (κ2) is 7.19. The van der Waals surface area contributed by atoms with Gasteiger partial charge >= 0.3 is 0 Å². The zero-order chi connectivity index (χ0) is 19.8. The Bertz CT molecular complexity index is 943. The van der Waals surface area contributed by atoms with Gasteiger partial charge in [-0.2, -0.15) is 0 Å². The molecule has 142 valence electrons. The van der Waals surface area contributed by atoms with Crippen molar-refractivity contribution >= 4 is 11.5 Å². The Morgan fingerprint density at radius 2 is 1.85 bits per heavy atom. The van der Waals surface area contributed by atoms with Crippen LogP contribution in [-0.4, -0.2) is 12.8 Å². The highest BCUT2D eigenvalue weighted by Crippen LogP contribution is 2.48. The van der Waals surface area contributed by atoms with E-state index in [0.29, 0.717) is 12.8 Å². The molecule has 27 heavy (non-hydrogen) atoms. The molecule has 1 aliphatic rings. The van der Waals surface area contributed by atoms with Crippen LogP contribution in [0.25, 0.3) is 0 Å². The summed E-state index contributed by atoms with van der Waals surface area (Å²) >= 11 is 0. The predicted molar refractivity (Wildman–Crippen MR) is 116 cm³/mol. The van der Waals surface area contributed by atoms with Crippen molar-refractivity contribution in [1.29, 1.82) is 0 Å². The van der Waals surface area contributed by atoms with Crippen LogP contribution < -0.4 is 4.90 Å². The van der Waals surface area contributed by atoms with Gasteiger partial charge in [0.2, 0.25) is 0 Å². The molecule has 2 nitrogen and oxygen atoms in total. The Balaban J connectivity index is 0.00000280. The fraction of sp³-hybridized carbons (Fsp3) is 0.320. The van der Waals surface area contributed by atoms with E-state index in [1.807, 2.05) is 6.08 Å². The number of Topliss-reactive ketones (excluding diaryl/α,β-unsaturated/α-hetero) is 1. The van der Waals surface area contributed by atoms with E-state index in [-0.39, 0.29) is 7.21 Å². The van der Waals surface area contributed by atoms with Crippen LogP contribution in [0.5, 0.6) is 0 Å². The predicted octanol–water partition coefficient (Wildman–Crippen LogP) is 6.05. The van der Waals surface area contributed by atoms with Crippen LogP contribution in [0.4, 0.5) is 5.69 Å². The Morgan fingerprint density at radius 1 is 1.15 bits per heavy atom. The van der Waals surface area contributed by atoms with E-state index in [1.54, 1.807) is 6.92 Å². The normalized spacial score (nSPS) is 19.3. The minimum Gasteiger partial charge on any atom is -0.348 e. The van der Waals surface area contributed by atoms with Gasteiger partial charge in [0.05, 0.1) is 5.41 Å². The van der Waals surface area contributed by atoms with Crippen LogP contribution >= 0.6 is 0 Å². The molecule has 1 atom stereocenters. The average molecular weight is 362 g/mol. The van der Waals surface area contributed by atoms with Crippen LogP contribution in [0.15, 0.2) is 66.4 Å². The third-order valence-corrected chi connectivity index (χ3v) is 6.17. The smallest absolute Gasteiger partial charge is 0.141 e. The maximum atomic E-state index is 13.0. The first kappa shape index (κ1) is 19.2. The number of nitrogens with zero attached hydrogens (tertiary/aromatic N) is 1. The van der Waals surface area contributed by atoms with Gasteiger partial charge in [-0.15, -0.1) is 0 Å². The molecule has 2 aromatic rings. The maximum absolute atomic E-state index is 13.0. The standard InChI is InChI=1S/C25H29NO.H2/c1-7-21-15-25(20(5)27,23-13-9-11-18(3)19(23)4)16-24(21)26(6)22-12-8-10-17(2)14-22;/h7-14H,1,15-16H2,2-6H3;1H/t25-;/m1./s1. The van der Waals surface area contributed by atoms with Crippen LogP contribution in [0, 0.1) is 20.8 Å². The third kappa shape index (κ3) is 3.25. The Kier molecular flexibility index (Phi) is 5.10. The van der Waals surface area contributed by atoms with Crippen molar-refractivity contribution < 1.29 is 6.22 Å². The minimum absolute atomic E-state index is 0. The zero-order valence-electron chi connectivity index (χ0n) is 17.1. The number of rotatable bonds is 5. The molecule has 0 radical (unpaired) electrons. The number of ketones is 1. The second-order valence-electron chi connectivity index (χ2n) is 7.81. The number of anilines is 1. The van der Waals surface area contributed by atoms with Crippen molar-refractivity contribution in [3.05, 3.63) is 88.6 Å². The molecule has 0 spiro atoms. The first-order chi connectivity index (χ1) is 12.8. The number of carbonyl (C=O) groups is 1. The molecule has 0 saturated carbocycles. The lowest BCUT2D eigenvalue weighted by Crippen LogP contribution is -2.34. The van der Waals surface area contributed by atoms with E-state index < -0.39 is 5.41 Å². The molecule has 0 aliphatic heterocycles. The molecule has 0 saturated heterocycles. The molecular weight excluding hydrogens is 330 g/mol. The number of hydrogen-bond donors (Lipinski definition) is 0. The van der Waals surface area contributed by atoms with Gasteiger partial charge in [-0.1, -0.05) is 43.0 Å². The monoisotopic (exact) mass is 361 g/mol. The van der Waals surface area contributed by atoms with E-state index in [1.165, 1.54) is 22.4 Å². The highest BCUT2D eigenvalue weighted by atomic mass is 16.1. The van der Waals surface area contributed by atoms with Gasteiger partial charge in [-0.25, -0.2) is 0 Å². The quantitative estimate of drug-likeness (QED) is 0.645. The fourth-order valence-electron chi connectivity index (χ4n) is 4.30. The van der Waals surface area contributed by atoms with Gasteiger partial charge in [0.25, 0.3) is 0 Å². The third-order valence-electron chi connectivity index (χ3n) is 6.17. The molecule has 2 aromatic carbocycles. The number of benzene rings is 2. The first-order valence-corrected chi connectivity index (χ1v) is 9.53. The van der Waals surface area contributed by atoms with Crippen molar-refractivity contribution in [2.45, 2.75) is 46.0 Å². The fourth-order valence-corrected chi connectivity index (χ4v) is 4.30. The summed E-state index contributed by atoms with van der Waals surface area (Å²) < 4.78 is 0. The molecule has 2 heteroatoms. The number of allylic oxidation sites excluding steroid dienone is 3. The molecule has 0 heterocycles. The first-order valence-electron chi connectivity index (χ1n) is 9.53. The summed E-state index contributed by atoms with van der Waals surface area (Å²) in [7, 11) is 2.09. The van der Waals surface area contributed by atoms with E-state index in [0.717, 1.165) is 16.8 Å². The largest absolute Gasteiger partial charge is 0.348 e.